The number of carbonyl (C=O) groups excluding carboxylic acids is 1. The molecule has 0 spiro atoms. The van der Waals surface area contributed by atoms with Crippen LogP contribution < -0.4 is 0 Å². The summed E-state index contributed by atoms with van der Waals surface area (Å²) in [4.78, 5) is 16.3. The molecule has 7 nitrogen and oxygen atoms in total. The summed E-state index contributed by atoms with van der Waals surface area (Å²) in [5, 5.41) is 0. The molecular formula is C17H34N2O5. The Kier molecular flexibility index (Phi) is 11.0. The Bertz CT molecular complexity index is 313. The summed E-state index contributed by atoms with van der Waals surface area (Å²) in [6.45, 7) is 12.8. The first-order chi connectivity index (χ1) is 11.7. The Morgan fingerprint density at radius 3 is 1.50 bits per heavy atom. The van der Waals surface area contributed by atoms with Gasteiger partial charge in [-0.3, -0.25) is 9.80 Å². The minimum Gasteiger partial charge on any atom is -0.382 e. The summed E-state index contributed by atoms with van der Waals surface area (Å²) in [5.41, 5.74) is 0. The number of nitrogens with zero attached hydrogens (tertiary/aromatic N) is 2. The Morgan fingerprint density at radius 2 is 1.17 bits per heavy atom. The van der Waals surface area contributed by atoms with Gasteiger partial charge in [0.05, 0.1) is 0 Å². The molecule has 0 N–H and O–H groups in total. The van der Waals surface area contributed by atoms with E-state index in [1.807, 2.05) is 27.7 Å². The molecule has 1 saturated heterocycles. The lowest BCUT2D eigenvalue weighted by atomic mass is 10.3. The molecule has 7 heteroatoms. The van der Waals surface area contributed by atoms with Crippen molar-refractivity contribution >= 4 is 6.03 Å². The number of carbonyl (C=O) groups is 1. The van der Waals surface area contributed by atoms with Crippen LogP contribution in [0.1, 0.15) is 40.5 Å². The third-order valence-electron chi connectivity index (χ3n) is 3.81. The molecule has 0 aromatic carbocycles. The second-order valence-electron chi connectivity index (χ2n) is 5.46. The maximum Gasteiger partial charge on any atom is 0.324 e. The zero-order chi connectivity index (χ0) is 17.8. The number of hydrogen-bond donors (Lipinski definition) is 0. The predicted octanol–water partition coefficient (Wildman–Crippen LogP) is 2.30. The van der Waals surface area contributed by atoms with Crippen molar-refractivity contribution in [2.45, 2.75) is 53.0 Å². The van der Waals surface area contributed by atoms with Crippen LogP contribution in [0.25, 0.3) is 0 Å². The van der Waals surface area contributed by atoms with Gasteiger partial charge in [0, 0.05) is 52.7 Å². The van der Waals surface area contributed by atoms with Crippen LogP contribution in [0.5, 0.6) is 0 Å². The van der Waals surface area contributed by atoms with Crippen molar-refractivity contribution in [3.05, 3.63) is 0 Å². The molecule has 2 atom stereocenters. The first-order valence-corrected chi connectivity index (χ1v) is 9.17. The lowest BCUT2D eigenvalue weighted by Crippen LogP contribution is -2.42. The molecule has 0 saturated carbocycles. The lowest BCUT2D eigenvalue weighted by molar-refractivity contribution is -0.132. The van der Waals surface area contributed by atoms with E-state index in [2.05, 4.69) is 0 Å². The molecule has 2 amide bonds. The van der Waals surface area contributed by atoms with Crippen LogP contribution in [0.3, 0.4) is 0 Å². The molecule has 1 fully saturated rings. The topological polar surface area (TPSA) is 60.5 Å². The number of amides is 2. The minimum atomic E-state index is -0.365. The molecule has 1 aliphatic rings. The number of urea groups is 1. The number of rotatable bonds is 14. The first-order valence-electron chi connectivity index (χ1n) is 9.17. The molecule has 0 radical (unpaired) electrons. The quantitative estimate of drug-likeness (QED) is 0.452. The van der Waals surface area contributed by atoms with Crippen molar-refractivity contribution in [3.8, 4) is 0 Å². The summed E-state index contributed by atoms with van der Waals surface area (Å²) in [6.07, 6.45) is 0.844. The van der Waals surface area contributed by atoms with Crippen molar-refractivity contribution in [3.63, 3.8) is 0 Å². The van der Waals surface area contributed by atoms with Crippen LogP contribution in [0.15, 0.2) is 0 Å². The van der Waals surface area contributed by atoms with Crippen molar-refractivity contribution in [2.24, 2.45) is 0 Å². The van der Waals surface area contributed by atoms with E-state index in [9.17, 15) is 4.79 Å². The fourth-order valence-electron chi connectivity index (χ4n) is 2.79. The Labute approximate surface area is 146 Å². The largest absolute Gasteiger partial charge is 0.382 e. The highest BCUT2D eigenvalue weighted by molar-refractivity contribution is 5.77. The van der Waals surface area contributed by atoms with Gasteiger partial charge in [-0.2, -0.15) is 0 Å². The first kappa shape index (κ1) is 21.2. The van der Waals surface area contributed by atoms with Crippen LogP contribution >= 0.6 is 0 Å². The fourth-order valence-corrected chi connectivity index (χ4v) is 2.79. The Morgan fingerprint density at radius 1 is 0.750 bits per heavy atom. The monoisotopic (exact) mass is 346 g/mol. The van der Waals surface area contributed by atoms with Crippen LogP contribution in [0.2, 0.25) is 0 Å². The minimum absolute atomic E-state index is 0.0279. The zero-order valence-corrected chi connectivity index (χ0v) is 15.7. The highest BCUT2D eigenvalue weighted by Gasteiger charge is 2.46. The van der Waals surface area contributed by atoms with Crippen LogP contribution in [-0.4, -0.2) is 81.0 Å². The second-order valence-corrected chi connectivity index (χ2v) is 5.46. The summed E-state index contributed by atoms with van der Waals surface area (Å²) in [6, 6.07) is -0.0279. The molecule has 0 aromatic rings. The molecule has 24 heavy (non-hydrogen) atoms. The predicted molar refractivity (Wildman–Crippen MR) is 91.9 cm³/mol. The molecular weight excluding hydrogens is 312 g/mol. The molecule has 1 rings (SSSR count). The van der Waals surface area contributed by atoms with E-state index in [0.717, 1.165) is 12.8 Å². The highest BCUT2D eigenvalue weighted by Crippen LogP contribution is 2.25. The summed E-state index contributed by atoms with van der Waals surface area (Å²) >= 11 is 0. The number of hydrogen-bond acceptors (Lipinski definition) is 5. The van der Waals surface area contributed by atoms with Crippen molar-refractivity contribution in [2.75, 3.05) is 52.7 Å². The average Bonchev–Trinajstić information content (AvgIpc) is 2.81. The van der Waals surface area contributed by atoms with Gasteiger partial charge in [0.15, 0.2) is 12.5 Å². The third-order valence-corrected chi connectivity index (χ3v) is 3.81. The van der Waals surface area contributed by atoms with E-state index in [-0.39, 0.29) is 18.5 Å². The molecule has 0 aromatic heterocycles. The van der Waals surface area contributed by atoms with Crippen molar-refractivity contribution in [1.29, 1.82) is 0 Å². The maximum absolute atomic E-state index is 12.8. The van der Waals surface area contributed by atoms with Gasteiger partial charge in [0.2, 0.25) is 0 Å². The van der Waals surface area contributed by atoms with Crippen molar-refractivity contribution in [1.82, 2.24) is 9.80 Å². The van der Waals surface area contributed by atoms with Gasteiger partial charge in [0.1, 0.15) is 0 Å². The Balaban J connectivity index is 2.70. The van der Waals surface area contributed by atoms with Gasteiger partial charge >= 0.3 is 6.03 Å². The second kappa shape index (κ2) is 12.5. The van der Waals surface area contributed by atoms with Gasteiger partial charge in [-0.05, 0) is 40.5 Å². The van der Waals surface area contributed by atoms with Crippen LogP contribution in [0.4, 0.5) is 4.79 Å². The molecule has 1 aliphatic heterocycles. The summed E-state index contributed by atoms with van der Waals surface area (Å²) in [7, 11) is 0. The van der Waals surface area contributed by atoms with Gasteiger partial charge in [0.25, 0.3) is 0 Å². The lowest BCUT2D eigenvalue weighted by Gasteiger charge is -2.27. The van der Waals surface area contributed by atoms with Crippen LogP contribution in [-0.2, 0) is 18.9 Å². The molecule has 2 unspecified atom stereocenters. The van der Waals surface area contributed by atoms with E-state index >= 15 is 0 Å². The van der Waals surface area contributed by atoms with Gasteiger partial charge in [-0.1, -0.05) is 0 Å². The van der Waals surface area contributed by atoms with Gasteiger partial charge in [-0.25, -0.2) is 4.79 Å². The summed E-state index contributed by atoms with van der Waals surface area (Å²) < 4.78 is 22.4. The van der Waals surface area contributed by atoms with Gasteiger partial charge < -0.3 is 18.9 Å². The molecule has 1 heterocycles. The van der Waals surface area contributed by atoms with E-state index in [1.165, 1.54) is 0 Å². The fraction of sp³-hybridized carbons (Fsp3) is 0.941. The zero-order valence-electron chi connectivity index (χ0n) is 15.7. The molecule has 0 bridgehead atoms. The van der Waals surface area contributed by atoms with E-state index in [1.54, 1.807) is 9.80 Å². The smallest absolute Gasteiger partial charge is 0.324 e. The van der Waals surface area contributed by atoms with Crippen molar-refractivity contribution < 1.29 is 23.7 Å². The number of ether oxygens (including phenoxy) is 4. The SMILES string of the molecule is CCOCCCN1C(=O)N(CCCOCC)C(OCC)C1OCC. The Hall–Kier alpha value is -0.890. The highest BCUT2D eigenvalue weighted by atomic mass is 16.6. The molecule has 142 valence electrons. The van der Waals surface area contributed by atoms with E-state index in [0.29, 0.717) is 52.7 Å². The normalized spacial score (nSPS) is 21.1. The van der Waals surface area contributed by atoms with E-state index < -0.39 is 0 Å². The van der Waals surface area contributed by atoms with Crippen LogP contribution in [0, 0.1) is 0 Å². The third kappa shape index (κ3) is 6.20. The van der Waals surface area contributed by atoms with Gasteiger partial charge in [-0.15, -0.1) is 0 Å². The van der Waals surface area contributed by atoms with E-state index in [4.69, 9.17) is 18.9 Å². The molecule has 0 aliphatic carbocycles. The average molecular weight is 346 g/mol. The standard InChI is InChI=1S/C17H34N2O5/c1-5-21-13-9-11-18-15(23-7-3)16(24-8-4)19(17(18)20)12-10-14-22-6-2/h15-16H,5-14H2,1-4H3. The maximum atomic E-state index is 12.8. The summed E-state index contributed by atoms with van der Waals surface area (Å²) in [5.74, 6) is 0.